The summed E-state index contributed by atoms with van der Waals surface area (Å²) >= 11 is 0. The van der Waals surface area contributed by atoms with Gasteiger partial charge in [-0.05, 0) is 37.5 Å². The molecule has 0 aliphatic heterocycles. The van der Waals surface area contributed by atoms with Crippen molar-refractivity contribution >= 4 is 0 Å². The molecule has 2 aromatic rings. The van der Waals surface area contributed by atoms with E-state index in [1.807, 2.05) is 0 Å². The SMILES string of the molecule is [2H]c1c([2H])c([2H])c(C(CC([2H])([2H])NC([2H])([2H])[2H])Oc2c([2H])c([2H])c([2H])c([2H])c2C([2H])([2H])[2H])c([2H])c1[2H]. The number of hydrogen-bond acceptors (Lipinski definition) is 2. The summed E-state index contributed by atoms with van der Waals surface area (Å²) in [5.74, 6) is -0.956. The highest BCUT2D eigenvalue weighted by molar-refractivity contribution is 5.33. The third-order valence-corrected chi connectivity index (χ3v) is 2.13. The van der Waals surface area contributed by atoms with Crippen molar-refractivity contribution in [3.8, 4) is 5.75 Å². The van der Waals surface area contributed by atoms with E-state index < -0.39 is 104 Å². The van der Waals surface area contributed by atoms with Crippen LogP contribution in [0.5, 0.6) is 5.75 Å². The lowest BCUT2D eigenvalue weighted by Gasteiger charge is -2.20. The second-order valence-corrected chi connectivity index (χ2v) is 3.36. The lowest BCUT2D eigenvalue weighted by atomic mass is 10.1. The Hall–Kier alpha value is -1.80. The highest BCUT2D eigenvalue weighted by Crippen LogP contribution is 2.26. The molecule has 0 radical (unpaired) electrons. The normalized spacial score (nSPS) is 27.1. The van der Waals surface area contributed by atoms with Crippen LogP contribution in [0.3, 0.4) is 0 Å². The monoisotopic (exact) mass is 272 g/mol. The van der Waals surface area contributed by atoms with E-state index in [0.717, 1.165) is 0 Å². The molecule has 1 atom stereocenters. The van der Waals surface area contributed by atoms with Crippen LogP contribution in [0.25, 0.3) is 0 Å². The van der Waals surface area contributed by atoms with Crippen molar-refractivity contribution in [3.63, 3.8) is 0 Å². The van der Waals surface area contributed by atoms with Crippen LogP contribution in [0.15, 0.2) is 54.4 Å². The largest absolute Gasteiger partial charge is 0.485 e. The molecule has 19 heavy (non-hydrogen) atoms. The molecule has 2 heteroatoms. The van der Waals surface area contributed by atoms with Crippen molar-refractivity contribution in [2.45, 2.75) is 19.4 Å². The maximum Gasteiger partial charge on any atom is 0.125 e. The topological polar surface area (TPSA) is 21.3 Å². The zero-order valence-corrected chi connectivity index (χ0v) is 9.69. The Morgan fingerprint density at radius 3 is 2.79 bits per heavy atom. The van der Waals surface area contributed by atoms with Gasteiger partial charge in [0.2, 0.25) is 0 Å². The zero-order chi connectivity index (χ0) is 28.1. The first-order chi connectivity index (χ1) is 16.1. The standard InChI is InChI=1S/C17H21NO/c1-14-8-6-7-11-16(14)19-17(12-13-18-2)15-9-4-3-5-10-15/h3-11,17-18H,12-13H2,1-2H3/i1D3,2D3,3D,4D,5D,6D,7D,8D,9D,10D,11D,13D2. The lowest BCUT2D eigenvalue weighted by molar-refractivity contribution is 0.193. The zero-order valence-electron chi connectivity index (χ0n) is 26.7. The molecule has 0 saturated carbocycles. The fraction of sp³-hybridized carbons (Fsp3) is 0.294. The van der Waals surface area contributed by atoms with E-state index in [1.54, 1.807) is 5.32 Å². The molecule has 100 valence electrons. The van der Waals surface area contributed by atoms with Gasteiger partial charge in [-0.15, -0.1) is 0 Å². The molecule has 0 heterocycles. The molecule has 1 N–H and O–H groups in total. The fourth-order valence-corrected chi connectivity index (χ4v) is 1.30. The van der Waals surface area contributed by atoms with Crippen molar-refractivity contribution in [1.82, 2.24) is 5.32 Å². The van der Waals surface area contributed by atoms with E-state index in [-0.39, 0.29) is 0 Å². The summed E-state index contributed by atoms with van der Waals surface area (Å²) < 4.78 is 138. The maximum absolute atomic E-state index is 8.20. The quantitative estimate of drug-likeness (QED) is 0.865. The van der Waals surface area contributed by atoms with Gasteiger partial charge in [-0.25, -0.2) is 0 Å². The van der Waals surface area contributed by atoms with E-state index in [0.29, 0.717) is 0 Å². The molecule has 2 rings (SSSR count). The van der Waals surface area contributed by atoms with Gasteiger partial charge in [-0.1, -0.05) is 48.3 Å². The number of hydrogen-bond donors (Lipinski definition) is 1. The van der Waals surface area contributed by atoms with E-state index in [1.165, 1.54) is 0 Å². The predicted molar refractivity (Wildman–Crippen MR) is 79.5 cm³/mol. The Bertz CT molecular complexity index is 1140. The Balaban J connectivity index is 2.88. The van der Waals surface area contributed by atoms with E-state index in [2.05, 4.69) is 0 Å². The van der Waals surface area contributed by atoms with Gasteiger partial charge in [0.15, 0.2) is 0 Å². The van der Waals surface area contributed by atoms with Crippen molar-refractivity contribution in [2.75, 3.05) is 13.5 Å². The molecular formula is C17H21NO. The summed E-state index contributed by atoms with van der Waals surface area (Å²) in [5.41, 5.74) is -1.64. The third-order valence-electron chi connectivity index (χ3n) is 2.13. The number of nitrogens with one attached hydrogen (secondary N) is 1. The number of ether oxygens (including phenoxy) is 1. The predicted octanol–water partition coefficient (Wildman–Crippen LogP) is 3.72. The van der Waals surface area contributed by atoms with Crippen molar-refractivity contribution in [2.24, 2.45) is 0 Å². The molecular weight excluding hydrogens is 234 g/mol. The van der Waals surface area contributed by atoms with Crippen LogP contribution < -0.4 is 10.1 Å². The van der Waals surface area contributed by atoms with Crippen molar-refractivity contribution in [3.05, 3.63) is 65.5 Å². The van der Waals surface area contributed by atoms with Gasteiger partial charge in [0.25, 0.3) is 0 Å². The fourth-order valence-electron chi connectivity index (χ4n) is 1.30. The summed E-state index contributed by atoms with van der Waals surface area (Å²) in [6.07, 6.45) is -3.04. The molecule has 0 aliphatic rings. The van der Waals surface area contributed by atoms with Gasteiger partial charge in [0.1, 0.15) is 11.9 Å². The van der Waals surface area contributed by atoms with Gasteiger partial charge in [-0.2, -0.15) is 0 Å². The van der Waals surface area contributed by atoms with Gasteiger partial charge in [-0.3, -0.25) is 0 Å². The number of benzene rings is 2. The van der Waals surface area contributed by atoms with E-state index in [9.17, 15) is 0 Å². The van der Waals surface area contributed by atoms with Crippen molar-refractivity contribution < 1.29 is 28.0 Å². The molecule has 2 aromatic carbocycles. The summed E-state index contributed by atoms with van der Waals surface area (Å²) in [7, 11) is 0. The first-order valence-corrected chi connectivity index (χ1v) is 5.24. The summed E-state index contributed by atoms with van der Waals surface area (Å²) in [5, 5.41) is 1.69. The molecule has 2 nitrogen and oxygen atoms in total. The molecule has 0 amide bonds. The van der Waals surface area contributed by atoms with Crippen LogP contribution in [0.4, 0.5) is 0 Å². The van der Waals surface area contributed by atoms with Gasteiger partial charge < -0.3 is 10.1 Å². The Kier molecular flexibility index (Phi) is 1.33. The summed E-state index contributed by atoms with van der Waals surface area (Å²) in [4.78, 5) is 0. The Morgan fingerprint density at radius 1 is 1.21 bits per heavy atom. The van der Waals surface area contributed by atoms with Crippen LogP contribution in [0.2, 0.25) is 0 Å². The Labute approximate surface area is 139 Å². The highest BCUT2D eigenvalue weighted by Gasteiger charge is 2.13. The van der Waals surface area contributed by atoms with Crippen LogP contribution in [0, 0.1) is 6.85 Å². The van der Waals surface area contributed by atoms with Crippen molar-refractivity contribution in [1.29, 1.82) is 0 Å². The Morgan fingerprint density at radius 2 is 2.00 bits per heavy atom. The average Bonchev–Trinajstić information content (AvgIpc) is 2.70. The molecule has 0 spiro atoms. The highest BCUT2D eigenvalue weighted by atomic mass is 16.5. The molecule has 1 unspecified atom stereocenters. The van der Waals surface area contributed by atoms with Gasteiger partial charge >= 0.3 is 0 Å². The average molecular weight is 272 g/mol. The second-order valence-electron chi connectivity index (χ2n) is 3.36. The van der Waals surface area contributed by atoms with Gasteiger partial charge in [0, 0.05) is 17.4 Å². The number of rotatable bonds is 6. The molecule has 0 aliphatic carbocycles. The first kappa shape index (κ1) is 3.64. The van der Waals surface area contributed by atoms with Gasteiger partial charge in [0.05, 0.1) is 12.3 Å². The van der Waals surface area contributed by atoms with Crippen LogP contribution in [-0.4, -0.2) is 13.5 Å². The number of para-hydroxylation sites is 1. The summed E-state index contributed by atoms with van der Waals surface area (Å²) in [6, 6.07) is -7.91. The van der Waals surface area contributed by atoms with Crippen LogP contribution in [-0.2, 0) is 0 Å². The summed E-state index contributed by atoms with van der Waals surface area (Å²) in [6.45, 7) is -9.02. The minimum Gasteiger partial charge on any atom is -0.485 e. The third kappa shape index (κ3) is 3.83. The molecule has 0 aromatic heterocycles. The van der Waals surface area contributed by atoms with Crippen LogP contribution >= 0.6 is 0 Å². The molecule has 0 bridgehead atoms. The first-order valence-electron chi connectivity index (χ1n) is 13.7. The maximum atomic E-state index is 8.20. The molecule has 0 saturated heterocycles. The van der Waals surface area contributed by atoms with E-state index in [4.69, 9.17) is 28.0 Å². The molecule has 0 fully saturated rings. The minimum atomic E-state index is -3.16. The smallest absolute Gasteiger partial charge is 0.125 e. The minimum absolute atomic E-state index is 0.666. The van der Waals surface area contributed by atoms with Crippen LogP contribution in [0.1, 0.15) is 47.0 Å². The second kappa shape index (κ2) is 6.95. The lowest BCUT2D eigenvalue weighted by Crippen LogP contribution is -2.16. The van der Waals surface area contributed by atoms with E-state index >= 15 is 0 Å².